The average molecular weight is 222 g/mol. The molecule has 2 aromatic carbocycles. The number of halogens is 3. The van der Waals surface area contributed by atoms with Crippen LogP contribution >= 0.6 is 0 Å². The molecule has 0 atom stereocenters. The van der Waals surface area contributed by atoms with E-state index < -0.39 is 11.7 Å². The van der Waals surface area contributed by atoms with Gasteiger partial charge in [-0.05, 0) is 17.2 Å². The molecule has 0 aliphatic carbocycles. The number of hydrogen-bond donors (Lipinski definition) is 0. The third-order valence-electron chi connectivity index (χ3n) is 2.32. The lowest BCUT2D eigenvalue weighted by molar-refractivity contribution is -0.137. The molecule has 16 heavy (non-hydrogen) atoms. The van der Waals surface area contributed by atoms with Crippen molar-refractivity contribution in [2.75, 3.05) is 0 Å². The van der Waals surface area contributed by atoms with Crippen molar-refractivity contribution in [2.45, 2.75) is 6.18 Å². The molecule has 0 saturated heterocycles. The molecule has 2 aromatic rings. The lowest BCUT2D eigenvalue weighted by Crippen LogP contribution is -2.06. The van der Waals surface area contributed by atoms with E-state index in [0.29, 0.717) is 5.56 Å². The Bertz CT molecular complexity index is 472. The zero-order valence-corrected chi connectivity index (χ0v) is 8.33. The highest BCUT2D eigenvalue weighted by molar-refractivity contribution is 5.67. The van der Waals surface area contributed by atoms with Crippen LogP contribution in [0.4, 0.5) is 13.2 Å². The van der Waals surface area contributed by atoms with Crippen molar-refractivity contribution < 1.29 is 13.2 Å². The van der Waals surface area contributed by atoms with E-state index in [2.05, 4.69) is 0 Å². The predicted octanol–water partition coefficient (Wildman–Crippen LogP) is 4.37. The Hall–Kier alpha value is -1.77. The molecule has 0 aliphatic rings. The minimum absolute atomic E-state index is 0.218. The first kappa shape index (κ1) is 10.7. The predicted molar refractivity (Wildman–Crippen MR) is 56.9 cm³/mol. The summed E-state index contributed by atoms with van der Waals surface area (Å²) >= 11 is 0. The maximum absolute atomic E-state index is 12.7. The van der Waals surface area contributed by atoms with Crippen LogP contribution in [0.15, 0.2) is 54.6 Å². The number of alkyl halides is 3. The van der Waals surface area contributed by atoms with E-state index in [1.54, 1.807) is 36.4 Å². The summed E-state index contributed by atoms with van der Waals surface area (Å²) in [4.78, 5) is 0. The zero-order valence-electron chi connectivity index (χ0n) is 8.33. The van der Waals surface area contributed by atoms with Gasteiger partial charge in [0.15, 0.2) is 0 Å². The number of hydrogen-bond acceptors (Lipinski definition) is 0. The molecule has 0 aromatic heterocycles. The minimum Gasteiger partial charge on any atom is -0.166 e. The molecule has 2 rings (SSSR count). The average Bonchev–Trinajstić information content (AvgIpc) is 2.29. The fourth-order valence-electron chi connectivity index (χ4n) is 1.60. The summed E-state index contributed by atoms with van der Waals surface area (Å²) in [5.74, 6) is 0. The van der Waals surface area contributed by atoms with Gasteiger partial charge in [-0.15, -0.1) is 0 Å². The molecular formula is C13H9F3. The normalized spacial score (nSPS) is 11.4. The molecule has 0 nitrogen and oxygen atoms in total. The topological polar surface area (TPSA) is 0 Å². The summed E-state index contributed by atoms with van der Waals surface area (Å²) < 4.78 is 38.2. The van der Waals surface area contributed by atoms with Crippen molar-refractivity contribution in [1.29, 1.82) is 0 Å². The molecule has 0 amide bonds. The number of benzene rings is 2. The lowest BCUT2D eigenvalue weighted by Gasteiger charge is -2.12. The second-order valence-electron chi connectivity index (χ2n) is 3.41. The molecule has 82 valence electrons. The lowest BCUT2D eigenvalue weighted by atomic mass is 9.99. The van der Waals surface area contributed by atoms with Gasteiger partial charge in [-0.1, -0.05) is 48.5 Å². The maximum atomic E-state index is 12.7. The summed E-state index contributed by atoms with van der Waals surface area (Å²) in [7, 11) is 0. The van der Waals surface area contributed by atoms with Crippen molar-refractivity contribution in [2.24, 2.45) is 0 Å². The molecule has 0 spiro atoms. The van der Waals surface area contributed by atoms with Crippen molar-refractivity contribution >= 4 is 0 Å². The molecule has 0 unspecified atom stereocenters. The van der Waals surface area contributed by atoms with Crippen LogP contribution in [0, 0.1) is 0 Å². The molecule has 0 saturated carbocycles. The largest absolute Gasteiger partial charge is 0.417 e. The van der Waals surface area contributed by atoms with Gasteiger partial charge in [-0.25, -0.2) is 0 Å². The third-order valence-corrected chi connectivity index (χ3v) is 2.32. The second-order valence-corrected chi connectivity index (χ2v) is 3.41. The first-order valence-electron chi connectivity index (χ1n) is 4.80. The molecule has 3 heteroatoms. The van der Waals surface area contributed by atoms with Gasteiger partial charge in [-0.3, -0.25) is 0 Å². The molecule has 0 N–H and O–H groups in total. The van der Waals surface area contributed by atoms with Crippen LogP contribution in [0.3, 0.4) is 0 Å². The molecule has 0 heterocycles. The molecule has 0 fully saturated rings. The van der Waals surface area contributed by atoms with E-state index in [1.165, 1.54) is 12.1 Å². The van der Waals surface area contributed by atoms with Crippen LogP contribution in [0.2, 0.25) is 0 Å². The summed E-state index contributed by atoms with van der Waals surface area (Å²) in [6, 6.07) is 14.2. The zero-order chi connectivity index (χ0) is 11.6. The second kappa shape index (κ2) is 4.00. The van der Waals surface area contributed by atoms with Crippen molar-refractivity contribution in [3.05, 3.63) is 60.2 Å². The summed E-state index contributed by atoms with van der Waals surface area (Å²) in [5.41, 5.74) is 0.201. The van der Waals surface area contributed by atoms with Crippen LogP contribution in [0.5, 0.6) is 0 Å². The van der Waals surface area contributed by atoms with Gasteiger partial charge in [0.2, 0.25) is 0 Å². The minimum atomic E-state index is -4.31. The monoisotopic (exact) mass is 222 g/mol. The standard InChI is InChI=1S/C13H9F3/c14-13(15,16)12-9-5-4-8-11(12)10-6-2-1-3-7-10/h1-9H. The summed E-state index contributed by atoms with van der Waals surface area (Å²) in [5, 5.41) is 0. The Morgan fingerprint density at radius 3 is 1.88 bits per heavy atom. The van der Waals surface area contributed by atoms with Crippen molar-refractivity contribution in [3.63, 3.8) is 0 Å². The van der Waals surface area contributed by atoms with Gasteiger partial charge < -0.3 is 0 Å². The fraction of sp³-hybridized carbons (Fsp3) is 0.0769. The Kier molecular flexibility index (Phi) is 2.69. The van der Waals surface area contributed by atoms with E-state index >= 15 is 0 Å². The highest BCUT2D eigenvalue weighted by atomic mass is 19.4. The van der Waals surface area contributed by atoms with Gasteiger partial charge in [0, 0.05) is 0 Å². The van der Waals surface area contributed by atoms with Gasteiger partial charge >= 0.3 is 6.18 Å². The summed E-state index contributed by atoms with van der Waals surface area (Å²) in [6.45, 7) is 0. The Morgan fingerprint density at radius 2 is 1.25 bits per heavy atom. The highest BCUT2D eigenvalue weighted by Gasteiger charge is 2.33. The van der Waals surface area contributed by atoms with Gasteiger partial charge in [-0.2, -0.15) is 13.2 Å². The third kappa shape index (κ3) is 2.08. The molecule has 0 aliphatic heterocycles. The van der Waals surface area contributed by atoms with E-state index in [-0.39, 0.29) is 5.56 Å². The van der Waals surface area contributed by atoms with E-state index in [0.717, 1.165) is 6.07 Å². The van der Waals surface area contributed by atoms with Crippen molar-refractivity contribution in [1.82, 2.24) is 0 Å². The number of rotatable bonds is 1. The van der Waals surface area contributed by atoms with E-state index in [4.69, 9.17) is 0 Å². The van der Waals surface area contributed by atoms with Crippen LogP contribution < -0.4 is 0 Å². The first-order chi connectivity index (χ1) is 7.59. The van der Waals surface area contributed by atoms with Crippen LogP contribution in [0.1, 0.15) is 5.56 Å². The fourth-order valence-corrected chi connectivity index (χ4v) is 1.60. The van der Waals surface area contributed by atoms with E-state index in [9.17, 15) is 13.2 Å². The van der Waals surface area contributed by atoms with Gasteiger partial charge in [0.05, 0.1) is 5.56 Å². The first-order valence-corrected chi connectivity index (χ1v) is 4.80. The maximum Gasteiger partial charge on any atom is 0.417 e. The van der Waals surface area contributed by atoms with Crippen molar-refractivity contribution in [3.8, 4) is 11.1 Å². The Balaban J connectivity index is 2.58. The molecule has 0 bridgehead atoms. The van der Waals surface area contributed by atoms with Gasteiger partial charge in [0.1, 0.15) is 0 Å². The van der Waals surface area contributed by atoms with Crippen LogP contribution in [-0.4, -0.2) is 0 Å². The quantitative estimate of drug-likeness (QED) is 0.672. The van der Waals surface area contributed by atoms with E-state index in [1.807, 2.05) is 0 Å². The molecular weight excluding hydrogens is 213 g/mol. The van der Waals surface area contributed by atoms with Crippen LogP contribution in [0.25, 0.3) is 11.1 Å². The Labute approximate surface area is 91.4 Å². The van der Waals surface area contributed by atoms with Gasteiger partial charge in [0.25, 0.3) is 0 Å². The summed E-state index contributed by atoms with van der Waals surface area (Å²) in [6.07, 6.45) is -4.31. The molecule has 0 radical (unpaired) electrons. The Morgan fingerprint density at radius 1 is 0.688 bits per heavy atom. The van der Waals surface area contributed by atoms with Crippen LogP contribution in [-0.2, 0) is 6.18 Å². The highest BCUT2D eigenvalue weighted by Crippen LogP contribution is 2.36. The smallest absolute Gasteiger partial charge is 0.166 e. The SMILES string of the molecule is FC(F)(F)c1ccccc1-c1ccccc1.